The molecule has 1 saturated heterocycles. The molecular weight excluding hydrogens is 480 g/mol. The molecule has 1 fully saturated rings. The molecule has 1 aliphatic rings. The highest BCUT2D eigenvalue weighted by atomic mass is 32.2. The van der Waals surface area contributed by atoms with Gasteiger partial charge in [0.15, 0.2) is 5.16 Å². The largest absolute Gasteiger partial charge is 0.382 e. The predicted molar refractivity (Wildman–Crippen MR) is 139 cm³/mol. The van der Waals surface area contributed by atoms with Gasteiger partial charge in [-0.3, -0.25) is 0 Å². The SMILES string of the molecule is CCOCCCn1c(SCc2ccc(C#N)cc2)nc2cc(S(=O)(=O)N3CCC[C@H](C)C3)ccc21. The van der Waals surface area contributed by atoms with Crippen LogP contribution < -0.4 is 0 Å². The summed E-state index contributed by atoms with van der Waals surface area (Å²) >= 11 is 1.61. The fourth-order valence-electron chi connectivity index (χ4n) is 4.38. The standard InChI is InChI=1S/C26H32N4O3S2/c1-3-33-15-5-14-30-25-12-11-23(35(31,32)29-13-4-6-20(2)18-29)16-24(25)28-26(30)34-19-22-9-7-21(17-27)8-10-22/h7-12,16,20H,3-6,13-15,18-19H2,1-2H3/t20-/m0/s1. The van der Waals surface area contributed by atoms with Gasteiger partial charge in [-0.05, 0) is 68.0 Å². The maximum atomic E-state index is 13.3. The molecule has 186 valence electrons. The van der Waals surface area contributed by atoms with E-state index in [1.807, 2.05) is 37.3 Å². The maximum Gasteiger partial charge on any atom is 0.243 e. The molecule has 1 atom stereocenters. The number of aryl methyl sites for hydroxylation is 1. The van der Waals surface area contributed by atoms with Crippen LogP contribution in [0.15, 0.2) is 52.5 Å². The molecule has 35 heavy (non-hydrogen) atoms. The Bertz CT molecular complexity index is 1300. The van der Waals surface area contributed by atoms with Gasteiger partial charge in [-0.25, -0.2) is 13.4 Å². The molecule has 0 saturated carbocycles. The van der Waals surface area contributed by atoms with Crippen LogP contribution in [0.4, 0.5) is 0 Å². The number of sulfonamides is 1. The molecule has 3 aromatic rings. The summed E-state index contributed by atoms with van der Waals surface area (Å²) < 4.78 is 35.9. The van der Waals surface area contributed by atoms with Crippen LogP contribution in [0.5, 0.6) is 0 Å². The zero-order valence-corrected chi connectivity index (χ0v) is 21.9. The van der Waals surface area contributed by atoms with Crippen LogP contribution in [0.1, 0.15) is 44.2 Å². The lowest BCUT2D eigenvalue weighted by molar-refractivity contribution is 0.141. The zero-order chi connectivity index (χ0) is 24.8. The fraction of sp³-hybridized carbons (Fsp3) is 0.462. The number of imidazole rings is 1. The molecule has 1 aromatic heterocycles. The van der Waals surface area contributed by atoms with Crippen molar-refractivity contribution in [1.29, 1.82) is 5.26 Å². The molecule has 2 aromatic carbocycles. The lowest BCUT2D eigenvalue weighted by Crippen LogP contribution is -2.39. The third-order valence-electron chi connectivity index (χ3n) is 6.27. The molecule has 1 aliphatic heterocycles. The first kappa shape index (κ1) is 25.7. The van der Waals surface area contributed by atoms with E-state index in [1.165, 1.54) is 0 Å². The number of piperidine rings is 1. The van der Waals surface area contributed by atoms with Gasteiger partial charge in [-0.1, -0.05) is 30.8 Å². The second-order valence-corrected chi connectivity index (χ2v) is 11.8. The molecule has 4 rings (SSSR count). The molecule has 0 aliphatic carbocycles. The molecular formula is C26H32N4O3S2. The van der Waals surface area contributed by atoms with Gasteiger partial charge in [0.2, 0.25) is 10.0 Å². The summed E-state index contributed by atoms with van der Waals surface area (Å²) in [4.78, 5) is 5.15. The van der Waals surface area contributed by atoms with E-state index in [0.29, 0.717) is 53.9 Å². The molecule has 0 unspecified atom stereocenters. The number of nitriles is 1. The summed E-state index contributed by atoms with van der Waals surface area (Å²) in [6, 6.07) is 15.0. The molecule has 2 heterocycles. The smallest absolute Gasteiger partial charge is 0.243 e. The highest BCUT2D eigenvalue weighted by Crippen LogP contribution is 2.30. The number of aromatic nitrogens is 2. The van der Waals surface area contributed by atoms with E-state index in [9.17, 15) is 8.42 Å². The zero-order valence-electron chi connectivity index (χ0n) is 20.3. The number of rotatable bonds is 10. The van der Waals surface area contributed by atoms with Crippen molar-refractivity contribution in [1.82, 2.24) is 13.9 Å². The summed E-state index contributed by atoms with van der Waals surface area (Å²) in [5, 5.41) is 9.87. The fourth-order valence-corrected chi connectivity index (χ4v) is 7.00. The van der Waals surface area contributed by atoms with E-state index in [1.54, 1.807) is 28.2 Å². The monoisotopic (exact) mass is 512 g/mol. The minimum atomic E-state index is -3.55. The van der Waals surface area contributed by atoms with Gasteiger partial charge in [-0.15, -0.1) is 0 Å². The molecule has 0 spiro atoms. The third-order valence-corrected chi connectivity index (χ3v) is 9.18. The van der Waals surface area contributed by atoms with Crippen LogP contribution in [0.3, 0.4) is 0 Å². The Balaban J connectivity index is 1.61. The molecule has 7 nitrogen and oxygen atoms in total. The Morgan fingerprint density at radius 2 is 2.03 bits per heavy atom. The first-order valence-electron chi connectivity index (χ1n) is 12.1. The Labute approximate surface area is 212 Å². The van der Waals surface area contributed by atoms with Crippen LogP contribution in [0.25, 0.3) is 11.0 Å². The van der Waals surface area contributed by atoms with Crippen molar-refractivity contribution < 1.29 is 13.2 Å². The van der Waals surface area contributed by atoms with Gasteiger partial charge >= 0.3 is 0 Å². The quantitative estimate of drug-likeness (QED) is 0.279. The van der Waals surface area contributed by atoms with Crippen LogP contribution >= 0.6 is 11.8 Å². The van der Waals surface area contributed by atoms with Crippen molar-refractivity contribution in [2.45, 2.75) is 55.5 Å². The van der Waals surface area contributed by atoms with Gasteiger partial charge in [0.05, 0.1) is 27.6 Å². The van der Waals surface area contributed by atoms with Crippen molar-refractivity contribution in [3.05, 3.63) is 53.6 Å². The highest BCUT2D eigenvalue weighted by Gasteiger charge is 2.29. The Morgan fingerprint density at radius 1 is 1.23 bits per heavy atom. The highest BCUT2D eigenvalue weighted by molar-refractivity contribution is 7.98. The van der Waals surface area contributed by atoms with Crippen LogP contribution in [0.2, 0.25) is 0 Å². The first-order valence-corrected chi connectivity index (χ1v) is 14.5. The lowest BCUT2D eigenvalue weighted by Gasteiger charge is -2.30. The van der Waals surface area contributed by atoms with Crippen LogP contribution in [0, 0.1) is 17.2 Å². The topological polar surface area (TPSA) is 88.2 Å². The number of thioether (sulfide) groups is 1. The first-order chi connectivity index (χ1) is 16.9. The normalized spacial score (nSPS) is 17.0. The maximum absolute atomic E-state index is 13.3. The number of ether oxygens (including phenoxy) is 1. The van der Waals surface area contributed by atoms with Gasteiger partial charge in [0, 0.05) is 38.6 Å². The lowest BCUT2D eigenvalue weighted by atomic mass is 10.0. The molecule has 0 N–H and O–H groups in total. The van der Waals surface area contributed by atoms with Crippen LogP contribution in [-0.4, -0.2) is 48.6 Å². The minimum Gasteiger partial charge on any atom is -0.382 e. The number of hydrogen-bond donors (Lipinski definition) is 0. The van der Waals surface area contributed by atoms with Gasteiger partial charge in [0.25, 0.3) is 0 Å². The van der Waals surface area contributed by atoms with Gasteiger partial charge in [0.1, 0.15) is 0 Å². The van der Waals surface area contributed by atoms with Crippen molar-refractivity contribution in [2.75, 3.05) is 26.3 Å². The van der Waals surface area contributed by atoms with Gasteiger partial charge in [-0.2, -0.15) is 9.57 Å². The van der Waals surface area contributed by atoms with E-state index in [4.69, 9.17) is 15.0 Å². The summed E-state index contributed by atoms with van der Waals surface area (Å²) in [5.74, 6) is 1.08. The predicted octanol–water partition coefficient (Wildman–Crippen LogP) is 5.05. The second kappa shape index (κ2) is 11.6. The number of hydrogen-bond acceptors (Lipinski definition) is 6. The summed E-state index contributed by atoms with van der Waals surface area (Å²) in [7, 11) is -3.55. The Hall–Kier alpha value is -2.38. The third kappa shape index (κ3) is 6.07. The summed E-state index contributed by atoms with van der Waals surface area (Å²) in [5.41, 5.74) is 3.35. The number of benzene rings is 2. The molecule has 0 radical (unpaired) electrons. The number of nitrogens with zero attached hydrogens (tertiary/aromatic N) is 4. The average molecular weight is 513 g/mol. The van der Waals surface area contributed by atoms with E-state index in [2.05, 4.69) is 17.6 Å². The average Bonchev–Trinajstić information content (AvgIpc) is 3.22. The Kier molecular flexibility index (Phi) is 8.50. The van der Waals surface area contributed by atoms with E-state index >= 15 is 0 Å². The van der Waals surface area contributed by atoms with Crippen molar-refractivity contribution in [2.24, 2.45) is 5.92 Å². The molecule has 9 heteroatoms. The molecule has 0 bridgehead atoms. The summed E-state index contributed by atoms with van der Waals surface area (Å²) in [6.07, 6.45) is 2.81. The van der Waals surface area contributed by atoms with Gasteiger partial charge < -0.3 is 9.30 Å². The minimum absolute atomic E-state index is 0.307. The summed E-state index contributed by atoms with van der Waals surface area (Å²) in [6.45, 7) is 7.31. The molecule has 0 amide bonds. The van der Waals surface area contributed by atoms with Crippen molar-refractivity contribution in [3.8, 4) is 6.07 Å². The van der Waals surface area contributed by atoms with E-state index in [-0.39, 0.29) is 0 Å². The second-order valence-electron chi connectivity index (χ2n) is 8.95. The number of fused-ring (bicyclic) bond motifs is 1. The van der Waals surface area contributed by atoms with Crippen LogP contribution in [-0.2, 0) is 27.1 Å². The Morgan fingerprint density at radius 3 is 2.74 bits per heavy atom. The van der Waals surface area contributed by atoms with E-state index in [0.717, 1.165) is 42.0 Å². The van der Waals surface area contributed by atoms with E-state index < -0.39 is 10.0 Å². The van der Waals surface area contributed by atoms with Crippen molar-refractivity contribution in [3.63, 3.8) is 0 Å². The van der Waals surface area contributed by atoms with Crippen molar-refractivity contribution >= 4 is 32.8 Å².